The Morgan fingerprint density at radius 2 is 2.28 bits per heavy atom. The van der Waals surface area contributed by atoms with E-state index in [1.54, 1.807) is 30.7 Å². The van der Waals surface area contributed by atoms with Gasteiger partial charge in [-0.2, -0.15) is 10.4 Å². The highest BCUT2D eigenvalue weighted by molar-refractivity contribution is 7.46. The molecule has 1 saturated carbocycles. The first-order valence-corrected chi connectivity index (χ1v) is 10.6. The van der Waals surface area contributed by atoms with Crippen LogP contribution in [0.3, 0.4) is 0 Å². The number of hydrogen-bond donors (Lipinski definition) is 3. The fraction of sp³-hybridized carbons (Fsp3) is 0.444. The molecule has 2 atom stereocenters. The fourth-order valence-electron chi connectivity index (χ4n) is 3.72. The molecule has 1 amide bonds. The number of carbonyl (C=O) groups is 1. The number of hydrogen-bond acceptors (Lipinski definition) is 6. The lowest BCUT2D eigenvalue weighted by atomic mass is 10.1. The number of phosphoric ester groups is 1. The minimum atomic E-state index is -4.64. The van der Waals surface area contributed by atoms with Gasteiger partial charge in [-0.25, -0.2) is 14.2 Å². The van der Waals surface area contributed by atoms with Crippen LogP contribution in [-0.2, 0) is 15.5 Å². The Bertz CT molecular complexity index is 1080. The maximum absolute atomic E-state index is 12.9. The third-order valence-corrected chi connectivity index (χ3v) is 5.58. The van der Waals surface area contributed by atoms with Crippen LogP contribution in [0.1, 0.15) is 53.5 Å². The second kappa shape index (κ2) is 6.75. The molecule has 1 fully saturated rings. The van der Waals surface area contributed by atoms with Crippen molar-refractivity contribution < 1.29 is 23.7 Å². The number of nitrogens with zero attached hydrogens (tertiary/aromatic N) is 4. The highest BCUT2D eigenvalue weighted by atomic mass is 31.2. The monoisotopic (exact) mass is 417 g/mol. The van der Waals surface area contributed by atoms with E-state index in [2.05, 4.69) is 26.0 Å². The van der Waals surface area contributed by atoms with E-state index in [-0.39, 0.29) is 12.3 Å². The van der Waals surface area contributed by atoms with Crippen molar-refractivity contribution in [3.63, 3.8) is 0 Å². The molecule has 0 saturated heterocycles. The summed E-state index contributed by atoms with van der Waals surface area (Å²) in [4.78, 5) is 35.0. The van der Waals surface area contributed by atoms with E-state index in [9.17, 15) is 9.36 Å². The van der Waals surface area contributed by atoms with Crippen molar-refractivity contribution in [2.24, 2.45) is 5.92 Å². The molecule has 4 rings (SSSR count). The zero-order valence-corrected chi connectivity index (χ0v) is 16.8. The Morgan fingerprint density at radius 3 is 2.97 bits per heavy atom. The molecule has 2 aliphatic carbocycles. The maximum atomic E-state index is 12.9. The summed E-state index contributed by atoms with van der Waals surface area (Å²) in [6.45, 7) is 2.85. The number of pyridine rings is 1. The maximum Gasteiger partial charge on any atom is 0.469 e. The predicted molar refractivity (Wildman–Crippen MR) is 100 cm³/mol. The van der Waals surface area contributed by atoms with Crippen LogP contribution in [0.2, 0.25) is 0 Å². The summed E-state index contributed by atoms with van der Waals surface area (Å²) in [5, 5.41) is 16.4. The number of nitrogens with one attached hydrogen (secondary N) is 1. The Balaban J connectivity index is 1.64. The number of rotatable bonds is 6. The van der Waals surface area contributed by atoms with Gasteiger partial charge in [0.25, 0.3) is 5.91 Å². The highest BCUT2D eigenvalue weighted by Crippen LogP contribution is 2.57. The average molecular weight is 417 g/mol. The zero-order chi connectivity index (χ0) is 21.0. The molecule has 0 unspecified atom stereocenters. The molecule has 29 heavy (non-hydrogen) atoms. The molecule has 2 aliphatic rings. The number of fused-ring (bicyclic) bond motifs is 3. The molecular weight excluding hydrogens is 397 g/mol. The highest BCUT2D eigenvalue weighted by Gasteiger charge is 2.50. The normalized spacial score (nSPS) is 20.0. The minimum absolute atomic E-state index is 0.264. The van der Waals surface area contributed by atoms with Crippen molar-refractivity contribution in [2.45, 2.75) is 38.1 Å². The van der Waals surface area contributed by atoms with Crippen molar-refractivity contribution in [2.75, 3.05) is 6.61 Å². The van der Waals surface area contributed by atoms with Crippen molar-refractivity contribution in [3.8, 4) is 11.9 Å². The Hall–Kier alpha value is -2.57. The van der Waals surface area contributed by atoms with Crippen LogP contribution in [-0.4, -0.2) is 42.6 Å². The molecule has 0 bridgehead atoms. The van der Waals surface area contributed by atoms with Crippen molar-refractivity contribution in [3.05, 3.63) is 40.8 Å². The van der Waals surface area contributed by atoms with Crippen LogP contribution in [0, 0.1) is 17.2 Å². The van der Waals surface area contributed by atoms with Crippen LogP contribution in [0.5, 0.6) is 0 Å². The molecule has 2 heterocycles. The number of nitriles is 1. The molecule has 2 aromatic rings. The molecule has 0 radical (unpaired) electrons. The van der Waals surface area contributed by atoms with Gasteiger partial charge in [-0.3, -0.25) is 9.32 Å². The molecule has 0 aromatic carbocycles. The first kappa shape index (κ1) is 19.7. The van der Waals surface area contributed by atoms with E-state index in [4.69, 9.17) is 15.0 Å². The fourth-order valence-corrected chi connectivity index (χ4v) is 4.22. The molecule has 2 aromatic heterocycles. The third-order valence-electron chi connectivity index (χ3n) is 5.12. The summed E-state index contributed by atoms with van der Waals surface area (Å²) in [6.07, 6.45) is 3.32. The van der Waals surface area contributed by atoms with Crippen LogP contribution < -0.4 is 5.32 Å². The predicted octanol–water partition coefficient (Wildman–Crippen LogP) is 1.42. The smallest absolute Gasteiger partial charge is 0.343 e. The zero-order valence-electron chi connectivity index (χ0n) is 15.9. The molecular formula is C18H20N5O5P. The van der Waals surface area contributed by atoms with E-state index in [0.717, 1.165) is 24.1 Å². The van der Waals surface area contributed by atoms with E-state index < -0.39 is 19.3 Å². The number of phosphoric acid groups is 1. The topological polar surface area (TPSA) is 150 Å². The summed E-state index contributed by atoms with van der Waals surface area (Å²) in [5.41, 5.74) is 1.51. The lowest BCUT2D eigenvalue weighted by molar-refractivity contribution is 0.0848. The van der Waals surface area contributed by atoms with Gasteiger partial charge >= 0.3 is 7.82 Å². The average Bonchev–Trinajstić information content (AvgIpc) is 3.15. The van der Waals surface area contributed by atoms with E-state index in [0.29, 0.717) is 23.2 Å². The van der Waals surface area contributed by atoms with Crippen LogP contribution in [0.4, 0.5) is 0 Å². The number of carbonyl (C=O) groups excluding carboxylic acids is 1. The van der Waals surface area contributed by atoms with Gasteiger partial charge in [-0.05, 0) is 38.7 Å². The van der Waals surface area contributed by atoms with Gasteiger partial charge in [0.15, 0.2) is 11.5 Å². The summed E-state index contributed by atoms with van der Waals surface area (Å²) in [6, 6.07) is 5.30. The van der Waals surface area contributed by atoms with Gasteiger partial charge in [0.05, 0.1) is 29.5 Å². The second-order valence-corrected chi connectivity index (χ2v) is 9.29. The first-order chi connectivity index (χ1) is 13.6. The largest absolute Gasteiger partial charge is 0.469 e. The van der Waals surface area contributed by atoms with Crippen molar-refractivity contribution in [1.82, 2.24) is 20.1 Å². The summed E-state index contributed by atoms with van der Waals surface area (Å²) < 4.78 is 17.1. The van der Waals surface area contributed by atoms with Gasteiger partial charge < -0.3 is 15.1 Å². The van der Waals surface area contributed by atoms with E-state index >= 15 is 0 Å². The van der Waals surface area contributed by atoms with Gasteiger partial charge in [0.1, 0.15) is 0 Å². The lowest BCUT2D eigenvalue weighted by Gasteiger charge is -2.25. The standard InChI is InChI=1S/C18H20N5O5P/c1-18(2,9-28-29(25,26)27)21-17(24)15-13-7-11-6-12(11)16(13)23(22-15)14-5-10(8-19)3-4-20-14/h3-5,11-12H,6-7,9H2,1-2H3,(H,21,24)(H2,25,26,27)/t11-,12-/m1/s1. The Labute approximate surface area is 166 Å². The summed E-state index contributed by atoms with van der Waals surface area (Å²) >= 11 is 0. The summed E-state index contributed by atoms with van der Waals surface area (Å²) in [7, 11) is -4.64. The van der Waals surface area contributed by atoms with E-state index in [1.807, 2.05) is 0 Å². The molecule has 10 nitrogen and oxygen atoms in total. The van der Waals surface area contributed by atoms with Crippen LogP contribution >= 0.6 is 7.82 Å². The Kier molecular flexibility index (Phi) is 4.59. The molecule has 0 aliphatic heterocycles. The second-order valence-electron chi connectivity index (χ2n) is 8.05. The van der Waals surface area contributed by atoms with Crippen molar-refractivity contribution >= 4 is 13.7 Å². The molecule has 11 heteroatoms. The minimum Gasteiger partial charge on any atom is -0.343 e. The van der Waals surface area contributed by atoms with Crippen LogP contribution in [0.15, 0.2) is 18.3 Å². The van der Waals surface area contributed by atoms with Gasteiger partial charge in [-0.1, -0.05) is 0 Å². The molecule has 0 spiro atoms. The van der Waals surface area contributed by atoms with Gasteiger partial charge in [-0.15, -0.1) is 0 Å². The molecule has 152 valence electrons. The van der Waals surface area contributed by atoms with Gasteiger partial charge in [0.2, 0.25) is 0 Å². The SMILES string of the molecule is CC(C)(COP(=O)(O)O)NC(=O)c1nn(-c2cc(C#N)ccn2)c2c1C[C@H]1C[C@@H]21. The lowest BCUT2D eigenvalue weighted by Crippen LogP contribution is -2.47. The Morgan fingerprint density at radius 1 is 1.52 bits per heavy atom. The van der Waals surface area contributed by atoms with Gasteiger partial charge in [0, 0.05) is 23.7 Å². The summed E-state index contributed by atoms with van der Waals surface area (Å²) in [5.74, 6) is 0.858. The number of aromatic nitrogens is 3. The number of amides is 1. The van der Waals surface area contributed by atoms with Crippen LogP contribution in [0.25, 0.3) is 5.82 Å². The van der Waals surface area contributed by atoms with E-state index in [1.165, 1.54) is 6.20 Å². The molecule has 3 N–H and O–H groups in total. The third kappa shape index (κ3) is 3.95. The first-order valence-electron chi connectivity index (χ1n) is 9.09. The van der Waals surface area contributed by atoms with Crippen molar-refractivity contribution in [1.29, 1.82) is 5.26 Å². The quantitative estimate of drug-likeness (QED) is 0.597.